The summed E-state index contributed by atoms with van der Waals surface area (Å²) >= 11 is 7.58. The fourth-order valence-corrected chi connectivity index (χ4v) is 3.38. The maximum atomic E-state index is 12.0. The fraction of sp³-hybridized carbons (Fsp3) is 0.500. The number of nitrogens with zero attached hydrogens (tertiary/aromatic N) is 1. The zero-order valence-corrected chi connectivity index (χ0v) is 14.3. The first kappa shape index (κ1) is 17.2. The molecule has 0 bridgehead atoms. The van der Waals surface area contributed by atoms with Gasteiger partial charge in [-0.2, -0.15) is 0 Å². The number of nitrogens with one attached hydrogen (secondary N) is 1. The minimum Gasteiger partial charge on any atom is -0.356 e. The van der Waals surface area contributed by atoms with Gasteiger partial charge in [0.2, 0.25) is 11.8 Å². The normalized spacial score (nSPS) is 17.8. The molecule has 2 rings (SSSR count). The Kier molecular flexibility index (Phi) is 6.58. The van der Waals surface area contributed by atoms with Gasteiger partial charge in [0.15, 0.2) is 0 Å². The number of rotatable bonds is 7. The van der Waals surface area contributed by atoms with E-state index in [4.69, 9.17) is 11.6 Å². The highest BCUT2D eigenvalue weighted by atomic mass is 35.5. The second-order valence-corrected chi connectivity index (χ2v) is 6.89. The number of thioether (sulfide) groups is 1. The molecule has 120 valence electrons. The van der Waals surface area contributed by atoms with Gasteiger partial charge in [-0.15, -0.1) is 11.8 Å². The highest BCUT2D eigenvalue weighted by molar-refractivity contribution is 7.99. The lowest BCUT2D eigenvalue weighted by Gasteiger charge is -2.13. The standard InChI is InChI=1S/C16H21ClN2O2S/c1-2-19-11-12(10-15(19)20)16(21)18-8-3-9-22-14-6-4-13(17)5-7-14/h4-7,12H,2-3,8-11H2,1H3,(H,18,21)/t12-/m0/s1. The van der Waals surface area contributed by atoms with Crippen molar-refractivity contribution in [2.45, 2.75) is 24.7 Å². The first-order valence-electron chi connectivity index (χ1n) is 7.54. The van der Waals surface area contributed by atoms with Crippen molar-refractivity contribution < 1.29 is 9.59 Å². The van der Waals surface area contributed by atoms with Gasteiger partial charge in [0, 0.05) is 36.0 Å². The quantitative estimate of drug-likeness (QED) is 0.613. The molecule has 0 saturated carbocycles. The number of hydrogen-bond acceptors (Lipinski definition) is 3. The van der Waals surface area contributed by atoms with Crippen molar-refractivity contribution in [1.29, 1.82) is 0 Å². The van der Waals surface area contributed by atoms with Crippen LogP contribution in [0.5, 0.6) is 0 Å². The van der Waals surface area contributed by atoms with E-state index in [0.717, 1.165) is 17.2 Å². The smallest absolute Gasteiger partial charge is 0.225 e. The summed E-state index contributed by atoms with van der Waals surface area (Å²) in [6.07, 6.45) is 1.25. The van der Waals surface area contributed by atoms with Gasteiger partial charge in [0.05, 0.1) is 5.92 Å². The summed E-state index contributed by atoms with van der Waals surface area (Å²) in [7, 11) is 0. The molecule has 0 spiro atoms. The molecule has 22 heavy (non-hydrogen) atoms. The van der Waals surface area contributed by atoms with E-state index in [9.17, 15) is 9.59 Å². The van der Waals surface area contributed by atoms with Crippen molar-refractivity contribution in [2.24, 2.45) is 5.92 Å². The second kappa shape index (κ2) is 8.44. The van der Waals surface area contributed by atoms with Gasteiger partial charge in [0.1, 0.15) is 0 Å². The predicted octanol–water partition coefficient (Wildman–Crippen LogP) is 2.81. The first-order valence-corrected chi connectivity index (χ1v) is 8.90. The Morgan fingerprint density at radius 3 is 2.77 bits per heavy atom. The third-order valence-corrected chi connectivity index (χ3v) is 5.02. The van der Waals surface area contributed by atoms with E-state index in [2.05, 4.69) is 5.32 Å². The summed E-state index contributed by atoms with van der Waals surface area (Å²) < 4.78 is 0. The van der Waals surface area contributed by atoms with E-state index in [1.807, 2.05) is 31.2 Å². The Hall–Kier alpha value is -1.20. The molecule has 0 radical (unpaired) electrons. The van der Waals surface area contributed by atoms with Crippen LogP contribution >= 0.6 is 23.4 Å². The molecule has 1 fully saturated rings. The van der Waals surface area contributed by atoms with Crippen molar-refractivity contribution >= 4 is 35.2 Å². The number of benzene rings is 1. The molecule has 1 aromatic rings. The van der Waals surface area contributed by atoms with Crippen molar-refractivity contribution in [2.75, 3.05) is 25.4 Å². The van der Waals surface area contributed by atoms with E-state index in [0.29, 0.717) is 26.1 Å². The van der Waals surface area contributed by atoms with Crippen LogP contribution in [0.15, 0.2) is 29.2 Å². The molecule has 1 aliphatic rings. The molecule has 1 aromatic carbocycles. The van der Waals surface area contributed by atoms with Crippen LogP contribution in [0.1, 0.15) is 19.8 Å². The lowest BCUT2D eigenvalue weighted by Crippen LogP contribution is -2.33. The van der Waals surface area contributed by atoms with Crippen molar-refractivity contribution in [3.63, 3.8) is 0 Å². The zero-order chi connectivity index (χ0) is 15.9. The van der Waals surface area contributed by atoms with Gasteiger partial charge >= 0.3 is 0 Å². The molecule has 1 heterocycles. The summed E-state index contributed by atoms with van der Waals surface area (Å²) in [4.78, 5) is 26.5. The fourth-order valence-electron chi connectivity index (χ4n) is 2.40. The number of carbonyl (C=O) groups excluding carboxylic acids is 2. The van der Waals surface area contributed by atoms with Crippen molar-refractivity contribution in [3.05, 3.63) is 29.3 Å². The molecule has 4 nitrogen and oxygen atoms in total. The first-order chi connectivity index (χ1) is 10.6. The minimum absolute atomic E-state index is 0.000734. The summed E-state index contributed by atoms with van der Waals surface area (Å²) in [6, 6.07) is 7.74. The van der Waals surface area contributed by atoms with Crippen molar-refractivity contribution in [1.82, 2.24) is 10.2 Å². The third kappa shape index (κ3) is 4.92. The van der Waals surface area contributed by atoms with Crippen LogP contribution in [0, 0.1) is 5.92 Å². The average Bonchev–Trinajstić information content (AvgIpc) is 2.90. The molecule has 0 aromatic heterocycles. The summed E-state index contributed by atoms with van der Waals surface area (Å²) in [6.45, 7) is 3.82. The molecular formula is C16H21ClN2O2S. The van der Waals surface area contributed by atoms with E-state index < -0.39 is 0 Å². The molecule has 1 saturated heterocycles. The highest BCUT2D eigenvalue weighted by Crippen LogP contribution is 2.21. The largest absolute Gasteiger partial charge is 0.356 e. The van der Waals surface area contributed by atoms with Crippen LogP contribution in [-0.4, -0.2) is 42.1 Å². The van der Waals surface area contributed by atoms with Crippen LogP contribution < -0.4 is 5.32 Å². The lowest BCUT2D eigenvalue weighted by molar-refractivity contribution is -0.128. The summed E-state index contributed by atoms with van der Waals surface area (Å²) in [5, 5.41) is 3.67. The second-order valence-electron chi connectivity index (χ2n) is 5.28. The van der Waals surface area contributed by atoms with Gasteiger partial charge in [-0.3, -0.25) is 9.59 Å². The number of carbonyl (C=O) groups is 2. The van der Waals surface area contributed by atoms with Crippen LogP contribution in [0.2, 0.25) is 5.02 Å². The van der Waals surface area contributed by atoms with Crippen LogP contribution in [0.25, 0.3) is 0 Å². The highest BCUT2D eigenvalue weighted by Gasteiger charge is 2.32. The molecule has 1 atom stereocenters. The van der Waals surface area contributed by atoms with E-state index >= 15 is 0 Å². The molecule has 0 unspecified atom stereocenters. The molecule has 0 aliphatic carbocycles. The molecule has 2 amide bonds. The van der Waals surface area contributed by atoms with E-state index in [-0.39, 0.29) is 17.7 Å². The lowest BCUT2D eigenvalue weighted by atomic mass is 10.1. The van der Waals surface area contributed by atoms with Gasteiger partial charge < -0.3 is 10.2 Å². The SMILES string of the molecule is CCN1C[C@@H](C(=O)NCCCSc2ccc(Cl)cc2)CC1=O. The molecule has 1 aliphatic heterocycles. The zero-order valence-electron chi connectivity index (χ0n) is 12.7. The Morgan fingerprint density at radius 1 is 1.41 bits per heavy atom. The van der Waals surface area contributed by atoms with Gasteiger partial charge in [-0.1, -0.05) is 11.6 Å². The van der Waals surface area contributed by atoms with Crippen LogP contribution in [-0.2, 0) is 9.59 Å². The Labute approximate surface area is 140 Å². The van der Waals surface area contributed by atoms with Gasteiger partial charge in [-0.05, 0) is 43.4 Å². The average molecular weight is 341 g/mol. The number of amides is 2. The third-order valence-electron chi connectivity index (χ3n) is 3.67. The van der Waals surface area contributed by atoms with Crippen molar-refractivity contribution in [3.8, 4) is 0 Å². The molecular weight excluding hydrogens is 320 g/mol. The molecule has 6 heteroatoms. The van der Waals surface area contributed by atoms with Gasteiger partial charge in [0.25, 0.3) is 0 Å². The van der Waals surface area contributed by atoms with Gasteiger partial charge in [-0.25, -0.2) is 0 Å². The minimum atomic E-state index is -0.184. The topological polar surface area (TPSA) is 49.4 Å². The Balaban J connectivity index is 1.61. The maximum Gasteiger partial charge on any atom is 0.225 e. The van der Waals surface area contributed by atoms with Crippen LogP contribution in [0.3, 0.4) is 0 Å². The van der Waals surface area contributed by atoms with E-state index in [1.165, 1.54) is 4.90 Å². The predicted molar refractivity (Wildman–Crippen MR) is 90.2 cm³/mol. The molecule has 1 N–H and O–H groups in total. The Bertz CT molecular complexity index is 521. The monoisotopic (exact) mass is 340 g/mol. The van der Waals surface area contributed by atoms with E-state index in [1.54, 1.807) is 16.7 Å². The summed E-state index contributed by atoms with van der Waals surface area (Å²) in [5.74, 6) is 0.838. The Morgan fingerprint density at radius 2 is 2.14 bits per heavy atom. The van der Waals surface area contributed by atoms with Crippen LogP contribution in [0.4, 0.5) is 0 Å². The summed E-state index contributed by atoms with van der Waals surface area (Å²) in [5.41, 5.74) is 0. The number of likely N-dealkylation sites (tertiary alicyclic amines) is 1. The maximum absolute atomic E-state index is 12.0. The number of halogens is 1. The number of hydrogen-bond donors (Lipinski definition) is 1.